The van der Waals surface area contributed by atoms with E-state index in [0.717, 1.165) is 18.8 Å². The molecule has 0 aromatic carbocycles. The number of methoxy groups -OCH3 is 1. The van der Waals surface area contributed by atoms with Gasteiger partial charge in [-0.05, 0) is 27.7 Å². The molecule has 0 aliphatic carbocycles. The maximum atomic E-state index is 12.7. The highest BCUT2D eigenvalue weighted by Crippen LogP contribution is 2.17. The molecule has 21 heavy (non-hydrogen) atoms. The van der Waals surface area contributed by atoms with E-state index in [0.29, 0.717) is 18.7 Å². The van der Waals surface area contributed by atoms with Gasteiger partial charge >= 0.3 is 0 Å². The van der Waals surface area contributed by atoms with E-state index in [9.17, 15) is 4.79 Å². The fourth-order valence-corrected chi connectivity index (χ4v) is 2.72. The van der Waals surface area contributed by atoms with E-state index in [1.807, 2.05) is 29.6 Å². The third-order valence-corrected chi connectivity index (χ3v) is 3.87. The Balaban J connectivity index is 2.16. The third-order valence-electron chi connectivity index (χ3n) is 3.87. The van der Waals surface area contributed by atoms with Crippen LogP contribution in [0.4, 0.5) is 0 Å². The molecule has 6 nitrogen and oxygen atoms in total. The van der Waals surface area contributed by atoms with Gasteiger partial charge in [0.25, 0.3) is 5.91 Å². The van der Waals surface area contributed by atoms with E-state index in [2.05, 4.69) is 24.3 Å². The Labute approximate surface area is 126 Å². The van der Waals surface area contributed by atoms with Crippen LogP contribution in [0.1, 0.15) is 42.9 Å². The summed E-state index contributed by atoms with van der Waals surface area (Å²) in [4.78, 5) is 14.6. The molecule has 0 saturated carbocycles. The van der Waals surface area contributed by atoms with Gasteiger partial charge in [0.1, 0.15) is 0 Å². The molecule has 118 valence electrons. The topological polar surface area (TPSA) is 59.4 Å². The quantitative estimate of drug-likeness (QED) is 0.907. The van der Waals surface area contributed by atoms with Crippen LogP contribution in [0.2, 0.25) is 0 Å². The largest absolute Gasteiger partial charge is 0.382 e. The first-order valence-electron chi connectivity index (χ1n) is 7.43. The molecular formula is C15H26N4O2. The minimum absolute atomic E-state index is 0.0405. The fourth-order valence-electron chi connectivity index (χ4n) is 2.72. The first kappa shape index (κ1) is 16.0. The molecule has 1 fully saturated rings. The second-order valence-electron chi connectivity index (χ2n) is 6.45. The third kappa shape index (κ3) is 3.63. The lowest BCUT2D eigenvalue weighted by Gasteiger charge is -2.39. The summed E-state index contributed by atoms with van der Waals surface area (Å²) in [6.07, 6.45) is 1.84. The van der Waals surface area contributed by atoms with Gasteiger partial charge < -0.3 is 15.0 Å². The molecule has 1 aliphatic rings. The molecule has 2 heterocycles. The van der Waals surface area contributed by atoms with Gasteiger partial charge in [-0.2, -0.15) is 5.10 Å². The highest BCUT2D eigenvalue weighted by Gasteiger charge is 2.30. The molecule has 6 heteroatoms. The number of amides is 1. The summed E-state index contributed by atoms with van der Waals surface area (Å²) in [6.45, 7) is 11.0. The molecule has 0 spiro atoms. The van der Waals surface area contributed by atoms with E-state index >= 15 is 0 Å². The van der Waals surface area contributed by atoms with E-state index in [4.69, 9.17) is 4.74 Å². The van der Waals surface area contributed by atoms with Crippen LogP contribution >= 0.6 is 0 Å². The van der Waals surface area contributed by atoms with Crippen molar-refractivity contribution in [2.75, 3.05) is 33.4 Å². The van der Waals surface area contributed by atoms with Crippen LogP contribution in [0.3, 0.4) is 0 Å². The molecule has 1 N–H and O–H groups in total. The zero-order valence-corrected chi connectivity index (χ0v) is 13.6. The van der Waals surface area contributed by atoms with Crippen LogP contribution in [0.15, 0.2) is 6.20 Å². The Kier molecular flexibility index (Phi) is 4.68. The highest BCUT2D eigenvalue weighted by molar-refractivity contribution is 5.95. The lowest BCUT2D eigenvalue weighted by molar-refractivity contribution is 0.0651. The second kappa shape index (κ2) is 6.15. The minimum atomic E-state index is -0.0405. The number of carbonyl (C=O) groups excluding carboxylic acids is 1. The Morgan fingerprint density at radius 2 is 2.29 bits per heavy atom. The molecule has 1 aromatic rings. The van der Waals surface area contributed by atoms with Crippen LogP contribution in [0.5, 0.6) is 0 Å². The minimum Gasteiger partial charge on any atom is -0.382 e. The first-order chi connectivity index (χ1) is 9.84. The summed E-state index contributed by atoms with van der Waals surface area (Å²) in [5.74, 6) is 0.0675. The van der Waals surface area contributed by atoms with E-state index in [-0.39, 0.29) is 17.5 Å². The number of piperazine rings is 1. The normalized spacial score (nSPS) is 19.6. The van der Waals surface area contributed by atoms with Crippen molar-refractivity contribution in [1.29, 1.82) is 0 Å². The molecule has 0 unspecified atom stereocenters. The van der Waals surface area contributed by atoms with Gasteiger partial charge in [0, 0.05) is 38.5 Å². The second-order valence-corrected chi connectivity index (χ2v) is 6.45. The maximum Gasteiger partial charge on any atom is 0.257 e. The van der Waals surface area contributed by atoms with Gasteiger partial charge in [0.05, 0.1) is 23.9 Å². The molecular weight excluding hydrogens is 268 g/mol. The summed E-state index contributed by atoms with van der Waals surface area (Å²) in [6, 6.07) is 0.120. The Bertz CT molecular complexity index is 510. The Morgan fingerprint density at radius 1 is 1.57 bits per heavy atom. The molecule has 1 saturated heterocycles. The number of nitrogens with one attached hydrogen (secondary N) is 1. The van der Waals surface area contributed by atoms with Crippen molar-refractivity contribution in [1.82, 2.24) is 20.0 Å². The Hall–Kier alpha value is -1.40. The molecule has 1 aliphatic heterocycles. The monoisotopic (exact) mass is 294 g/mol. The van der Waals surface area contributed by atoms with Gasteiger partial charge in [-0.25, -0.2) is 0 Å². The predicted octanol–water partition coefficient (Wildman–Crippen LogP) is 1.22. The smallest absolute Gasteiger partial charge is 0.257 e. The number of hydrogen-bond donors (Lipinski definition) is 1. The average molecular weight is 294 g/mol. The number of rotatable bonds is 4. The van der Waals surface area contributed by atoms with Gasteiger partial charge in [0.2, 0.25) is 0 Å². The van der Waals surface area contributed by atoms with Crippen molar-refractivity contribution in [2.24, 2.45) is 0 Å². The van der Waals surface area contributed by atoms with Crippen molar-refractivity contribution in [3.8, 4) is 0 Å². The molecule has 1 atom stereocenters. The summed E-state index contributed by atoms with van der Waals surface area (Å²) in [5.41, 5.74) is 1.43. The predicted molar refractivity (Wildman–Crippen MR) is 81.5 cm³/mol. The average Bonchev–Trinajstić information content (AvgIpc) is 2.79. The lowest BCUT2D eigenvalue weighted by atomic mass is 10.0. The van der Waals surface area contributed by atoms with Crippen molar-refractivity contribution in [3.63, 3.8) is 0 Å². The highest BCUT2D eigenvalue weighted by atomic mass is 16.5. The number of hydrogen-bond acceptors (Lipinski definition) is 4. The molecule has 2 rings (SSSR count). The van der Waals surface area contributed by atoms with Gasteiger partial charge in [0.15, 0.2) is 0 Å². The number of nitrogens with zero attached hydrogens (tertiary/aromatic N) is 3. The number of aryl methyl sites for hydroxylation is 1. The van der Waals surface area contributed by atoms with Crippen LogP contribution in [-0.2, 0) is 4.74 Å². The van der Waals surface area contributed by atoms with Crippen LogP contribution in [0.25, 0.3) is 0 Å². The zero-order chi connectivity index (χ0) is 15.6. The molecule has 1 aromatic heterocycles. The maximum absolute atomic E-state index is 12.7. The molecule has 0 bridgehead atoms. The van der Waals surface area contributed by atoms with E-state index in [1.54, 1.807) is 7.11 Å². The molecule has 1 amide bonds. The summed E-state index contributed by atoms with van der Waals surface area (Å²) in [7, 11) is 1.67. The van der Waals surface area contributed by atoms with Gasteiger partial charge in [-0.1, -0.05) is 0 Å². The van der Waals surface area contributed by atoms with Gasteiger partial charge in [-0.3, -0.25) is 9.48 Å². The SMILES string of the molecule is COC[C@H](C)n1cc(C(=O)N2CCNC(C)(C)C2)c(C)n1. The number of aromatic nitrogens is 2. The number of ether oxygens (including phenoxy) is 1. The standard InChI is InChI=1S/C15H26N4O2/c1-11(9-21-5)19-8-13(12(2)17-19)14(20)18-7-6-16-15(3,4)10-18/h8,11,16H,6-7,9-10H2,1-5H3/t11-/m0/s1. The lowest BCUT2D eigenvalue weighted by Crippen LogP contribution is -2.58. The zero-order valence-electron chi connectivity index (χ0n) is 13.6. The van der Waals surface area contributed by atoms with Crippen LogP contribution < -0.4 is 5.32 Å². The number of carbonyl (C=O) groups is 1. The fraction of sp³-hybridized carbons (Fsp3) is 0.733. The van der Waals surface area contributed by atoms with E-state index in [1.165, 1.54) is 0 Å². The first-order valence-corrected chi connectivity index (χ1v) is 7.43. The summed E-state index contributed by atoms with van der Waals surface area (Å²) < 4.78 is 6.97. The summed E-state index contributed by atoms with van der Waals surface area (Å²) in [5, 5.41) is 7.87. The Morgan fingerprint density at radius 3 is 2.90 bits per heavy atom. The van der Waals surface area contributed by atoms with Crippen molar-refractivity contribution < 1.29 is 9.53 Å². The van der Waals surface area contributed by atoms with Crippen molar-refractivity contribution in [3.05, 3.63) is 17.5 Å². The van der Waals surface area contributed by atoms with E-state index < -0.39 is 0 Å². The summed E-state index contributed by atoms with van der Waals surface area (Å²) >= 11 is 0. The van der Waals surface area contributed by atoms with Gasteiger partial charge in [-0.15, -0.1) is 0 Å². The molecule has 0 radical (unpaired) electrons. The van der Waals surface area contributed by atoms with Crippen LogP contribution in [0, 0.1) is 6.92 Å². The van der Waals surface area contributed by atoms with Crippen molar-refractivity contribution in [2.45, 2.75) is 39.3 Å². The van der Waals surface area contributed by atoms with Crippen molar-refractivity contribution >= 4 is 5.91 Å². The van der Waals surface area contributed by atoms with Crippen LogP contribution in [-0.4, -0.2) is 59.5 Å².